The molecular weight excluding hydrogens is 830 g/mol. The first-order valence-corrected chi connectivity index (χ1v) is 26.6. The Kier molecular flexibility index (Phi) is 34.9. The Balaban J connectivity index is 2.37. The van der Waals surface area contributed by atoms with E-state index >= 15 is 0 Å². The van der Waals surface area contributed by atoms with Crippen LogP contribution in [0.15, 0.2) is 40.9 Å². The summed E-state index contributed by atoms with van der Waals surface area (Å²) < 4.78 is 40.1. The fraction of sp³-hybridized carbons (Fsp3) is 0.769. The molecule has 1 heterocycles. The van der Waals surface area contributed by atoms with Gasteiger partial charge in [-0.3, -0.25) is 14.2 Å². The highest BCUT2D eigenvalue weighted by atomic mass is 31.2. The van der Waals surface area contributed by atoms with Crippen molar-refractivity contribution in [1.82, 2.24) is 0 Å². The topological polar surface area (TPSA) is 145 Å². The van der Waals surface area contributed by atoms with Gasteiger partial charge in [0.25, 0.3) is 7.82 Å². The SMILES string of the molecule is CCCCCCCC/C=C/C/C=C/C=C/C(O)CCCC(=O)OC[C@H](COP(=O)([O-])OCC[N+](C)(C)C)OC(=O)CCCCCCCCCCCCc1oc(CCCCC)c(C)c1C. The van der Waals surface area contributed by atoms with Gasteiger partial charge in [0, 0.05) is 25.7 Å². The number of esters is 2. The predicted octanol–water partition coefficient (Wildman–Crippen LogP) is 12.5. The first-order chi connectivity index (χ1) is 30.7. The maximum Gasteiger partial charge on any atom is 0.306 e. The summed E-state index contributed by atoms with van der Waals surface area (Å²) in [6.07, 6.45) is 37.3. The smallest absolute Gasteiger partial charge is 0.306 e. The third kappa shape index (κ3) is 33.9. The van der Waals surface area contributed by atoms with Crippen molar-refractivity contribution in [3.05, 3.63) is 59.1 Å². The lowest BCUT2D eigenvalue weighted by molar-refractivity contribution is -0.870. The average Bonchev–Trinajstić information content (AvgIpc) is 3.51. The third-order valence-electron chi connectivity index (χ3n) is 11.5. The highest BCUT2D eigenvalue weighted by Gasteiger charge is 2.22. The van der Waals surface area contributed by atoms with E-state index < -0.39 is 38.6 Å². The van der Waals surface area contributed by atoms with Crippen LogP contribution in [0.25, 0.3) is 0 Å². The lowest BCUT2D eigenvalue weighted by atomic mass is 10.0. The molecule has 0 fully saturated rings. The van der Waals surface area contributed by atoms with Gasteiger partial charge >= 0.3 is 11.9 Å². The largest absolute Gasteiger partial charge is 0.756 e. The van der Waals surface area contributed by atoms with Crippen LogP contribution in [0, 0.1) is 13.8 Å². The first-order valence-electron chi connectivity index (χ1n) is 25.2. The monoisotopic (exact) mass is 922 g/mol. The van der Waals surface area contributed by atoms with Crippen molar-refractivity contribution < 1.29 is 51.6 Å². The second kappa shape index (κ2) is 37.5. The molecule has 1 aromatic heterocycles. The van der Waals surface area contributed by atoms with Crippen LogP contribution in [0.2, 0.25) is 0 Å². The molecule has 0 saturated heterocycles. The molecule has 0 bridgehead atoms. The van der Waals surface area contributed by atoms with E-state index in [0.717, 1.165) is 51.4 Å². The van der Waals surface area contributed by atoms with E-state index in [9.17, 15) is 24.2 Å². The number of aliphatic hydroxyl groups excluding tert-OH is 1. The molecule has 0 aromatic carbocycles. The van der Waals surface area contributed by atoms with Crippen LogP contribution in [-0.2, 0) is 45.5 Å². The van der Waals surface area contributed by atoms with Crippen molar-refractivity contribution in [2.24, 2.45) is 0 Å². The van der Waals surface area contributed by atoms with Crippen molar-refractivity contribution in [3.8, 4) is 0 Å². The van der Waals surface area contributed by atoms with Crippen molar-refractivity contribution in [2.45, 2.75) is 213 Å². The van der Waals surface area contributed by atoms with Crippen LogP contribution in [0.3, 0.4) is 0 Å². The number of rotatable bonds is 42. The molecule has 1 N–H and O–H groups in total. The molecule has 64 heavy (non-hydrogen) atoms. The number of allylic oxidation sites excluding steroid dienone is 5. The fourth-order valence-electron chi connectivity index (χ4n) is 7.20. The van der Waals surface area contributed by atoms with Gasteiger partial charge in [0.1, 0.15) is 31.3 Å². The Morgan fingerprint density at radius 1 is 0.688 bits per heavy atom. The fourth-order valence-corrected chi connectivity index (χ4v) is 7.92. The number of quaternary nitrogens is 1. The lowest BCUT2D eigenvalue weighted by Crippen LogP contribution is -2.37. The molecule has 1 rings (SSSR count). The molecule has 0 saturated carbocycles. The standard InChI is InChI=1S/C52H92NO10P/c1-8-10-12-13-14-15-16-17-18-21-24-27-31-35-47(54)36-34-40-51(55)59-43-48(44-61-64(57,58)60-42-41-53(5,6)7)62-52(56)39-33-29-26-23-20-19-22-25-28-32-38-50-46(4)45(3)49(63-50)37-30-11-9-2/h17-18,24,27,31,35,47-48,54H,8-16,19-23,25-26,28-30,32-34,36-44H2,1-7H3/b18-17+,27-24+,35-31+/t47?,48-/m1/s1. The van der Waals surface area contributed by atoms with E-state index in [2.05, 4.69) is 39.8 Å². The molecule has 0 aliphatic carbocycles. The number of likely N-dealkylation sites (N-methyl/N-ethyl adjacent to an activating group) is 1. The maximum atomic E-state index is 12.8. The Bertz CT molecular complexity index is 1480. The Labute approximate surface area is 390 Å². The Morgan fingerprint density at radius 2 is 1.23 bits per heavy atom. The first kappa shape index (κ1) is 59.5. The number of hydrogen-bond acceptors (Lipinski definition) is 10. The van der Waals surface area contributed by atoms with Crippen LogP contribution in [0.4, 0.5) is 0 Å². The molecule has 0 amide bonds. The summed E-state index contributed by atoms with van der Waals surface area (Å²) in [6, 6.07) is 0. The number of unbranched alkanes of at least 4 members (excludes halogenated alkanes) is 17. The van der Waals surface area contributed by atoms with Gasteiger partial charge in [-0.25, -0.2) is 0 Å². The molecule has 2 unspecified atom stereocenters. The molecule has 0 aliphatic rings. The van der Waals surface area contributed by atoms with E-state index in [-0.39, 0.29) is 26.1 Å². The molecule has 370 valence electrons. The maximum absolute atomic E-state index is 12.8. The number of ether oxygens (including phenoxy) is 2. The summed E-state index contributed by atoms with van der Waals surface area (Å²) in [7, 11) is 1.05. The second-order valence-electron chi connectivity index (χ2n) is 18.6. The molecule has 11 nitrogen and oxygen atoms in total. The summed E-state index contributed by atoms with van der Waals surface area (Å²) in [5, 5.41) is 10.3. The summed E-state index contributed by atoms with van der Waals surface area (Å²) in [4.78, 5) is 37.8. The number of hydrogen-bond donors (Lipinski definition) is 1. The quantitative estimate of drug-likeness (QED) is 0.0168. The average molecular weight is 922 g/mol. The lowest BCUT2D eigenvalue weighted by Gasteiger charge is -2.28. The molecule has 12 heteroatoms. The summed E-state index contributed by atoms with van der Waals surface area (Å²) in [5.74, 6) is 1.31. The number of phosphoric ester groups is 1. The minimum atomic E-state index is -4.68. The van der Waals surface area contributed by atoms with Gasteiger partial charge < -0.3 is 37.4 Å². The van der Waals surface area contributed by atoms with E-state index in [1.165, 1.54) is 113 Å². The van der Waals surface area contributed by atoms with Crippen molar-refractivity contribution in [2.75, 3.05) is 47.5 Å². The van der Waals surface area contributed by atoms with Gasteiger partial charge in [0.15, 0.2) is 6.10 Å². The number of aliphatic hydroxyl groups is 1. The number of phosphoric acid groups is 1. The van der Waals surface area contributed by atoms with Gasteiger partial charge in [-0.1, -0.05) is 147 Å². The Hall–Kier alpha value is -2.53. The van der Waals surface area contributed by atoms with Crippen LogP contribution in [0.5, 0.6) is 0 Å². The minimum absolute atomic E-state index is 0.0467. The van der Waals surface area contributed by atoms with Gasteiger partial charge in [-0.15, -0.1) is 0 Å². The van der Waals surface area contributed by atoms with Crippen LogP contribution in [-0.4, -0.2) is 81.2 Å². The molecule has 0 spiro atoms. The molecular formula is C52H92NO10P. The molecule has 3 atom stereocenters. The number of carbonyl (C=O) groups excluding carboxylic acids is 2. The highest BCUT2D eigenvalue weighted by molar-refractivity contribution is 7.45. The summed E-state index contributed by atoms with van der Waals surface area (Å²) in [5.41, 5.74) is 2.67. The Morgan fingerprint density at radius 3 is 1.86 bits per heavy atom. The van der Waals surface area contributed by atoms with Crippen LogP contribution >= 0.6 is 7.82 Å². The van der Waals surface area contributed by atoms with E-state index in [4.69, 9.17) is 22.9 Å². The van der Waals surface area contributed by atoms with Crippen LogP contribution in [0.1, 0.15) is 197 Å². The summed E-state index contributed by atoms with van der Waals surface area (Å²) in [6.45, 7) is 8.34. The number of nitrogens with zero attached hydrogens (tertiary/aromatic N) is 1. The second-order valence-corrected chi connectivity index (χ2v) is 20.0. The zero-order valence-electron chi connectivity index (χ0n) is 41.6. The highest BCUT2D eigenvalue weighted by Crippen LogP contribution is 2.38. The van der Waals surface area contributed by atoms with Gasteiger partial charge in [0.2, 0.25) is 0 Å². The number of carbonyl (C=O) groups is 2. The molecule has 0 aliphatic heterocycles. The summed E-state index contributed by atoms with van der Waals surface area (Å²) >= 11 is 0. The molecule has 0 radical (unpaired) electrons. The van der Waals surface area contributed by atoms with Crippen LogP contribution < -0.4 is 4.89 Å². The zero-order valence-corrected chi connectivity index (χ0v) is 42.4. The van der Waals surface area contributed by atoms with Crippen molar-refractivity contribution in [3.63, 3.8) is 0 Å². The van der Waals surface area contributed by atoms with Gasteiger partial charge in [0.05, 0.1) is 33.9 Å². The van der Waals surface area contributed by atoms with E-state index in [0.29, 0.717) is 30.3 Å². The minimum Gasteiger partial charge on any atom is -0.756 e. The van der Waals surface area contributed by atoms with Crippen molar-refractivity contribution >= 4 is 19.8 Å². The predicted molar refractivity (Wildman–Crippen MR) is 259 cm³/mol. The van der Waals surface area contributed by atoms with E-state index in [1.807, 2.05) is 39.4 Å². The normalized spacial score (nSPS) is 14.2. The number of furan rings is 1. The van der Waals surface area contributed by atoms with Crippen molar-refractivity contribution in [1.29, 1.82) is 0 Å². The van der Waals surface area contributed by atoms with Gasteiger partial charge in [-0.05, 0) is 76.3 Å². The number of aryl methyl sites for hydroxylation is 2. The molecule has 1 aromatic rings. The zero-order chi connectivity index (χ0) is 47.3. The van der Waals surface area contributed by atoms with Gasteiger partial charge in [-0.2, -0.15) is 0 Å². The third-order valence-corrected chi connectivity index (χ3v) is 12.4. The van der Waals surface area contributed by atoms with E-state index in [1.54, 1.807) is 6.08 Å².